The van der Waals surface area contributed by atoms with E-state index >= 15 is 0 Å². The molecule has 104 valence electrons. The number of nitrogens with one attached hydrogen (secondary N) is 1. The van der Waals surface area contributed by atoms with E-state index < -0.39 is 5.69 Å². The van der Waals surface area contributed by atoms with Crippen LogP contribution < -0.4 is 11.2 Å². The van der Waals surface area contributed by atoms with E-state index in [-0.39, 0.29) is 18.1 Å². The van der Waals surface area contributed by atoms with E-state index in [1.807, 2.05) is 6.92 Å². The zero-order valence-electron chi connectivity index (χ0n) is 11.0. The molecular formula is C11H16N4O3S. The summed E-state index contributed by atoms with van der Waals surface area (Å²) in [5.41, 5.74) is -0.104. The molecule has 2 aromatic rings. The third-order valence-corrected chi connectivity index (χ3v) is 4.09. The quantitative estimate of drug-likeness (QED) is 0.751. The number of thioether (sulfide) groups is 1. The number of H-pyrrole nitrogens is 1. The molecule has 0 bridgehead atoms. The summed E-state index contributed by atoms with van der Waals surface area (Å²) >= 11 is 1.42. The van der Waals surface area contributed by atoms with Gasteiger partial charge in [-0.1, -0.05) is 18.7 Å². The van der Waals surface area contributed by atoms with Crippen LogP contribution in [0.3, 0.4) is 0 Å². The van der Waals surface area contributed by atoms with Gasteiger partial charge in [-0.05, 0) is 5.92 Å². The van der Waals surface area contributed by atoms with E-state index in [0.29, 0.717) is 22.1 Å². The minimum Gasteiger partial charge on any atom is -0.396 e. The van der Waals surface area contributed by atoms with Crippen molar-refractivity contribution in [3.05, 3.63) is 20.8 Å². The molecule has 0 fully saturated rings. The lowest BCUT2D eigenvalue weighted by molar-refractivity contribution is 0.250. The molecule has 0 spiro atoms. The molecule has 2 heterocycles. The summed E-state index contributed by atoms with van der Waals surface area (Å²) in [6.45, 7) is 2.03. The van der Waals surface area contributed by atoms with Gasteiger partial charge < -0.3 is 10.1 Å². The minimum absolute atomic E-state index is 0.105. The van der Waals surface area contributed by atoms with Crippen molar-refractivity contribution >= 4 is 22.9 Å². The van der Waals surface area contributed by atoms with E-state index in [1.165, 1.54) is 23.4 Å². The van der Waals surface area contributed by atoms with Gasteiger partial charge in [0.25, 0.3) is 5.56 Å². The summed E-state index contributed by atoms with van der Waals surface area (Å²) < 4.78 is 2.39. The molecule has 0 saturated carbocycles. The molecule has 0 aliphatic rings. The monoisotopic (exact) mass is 284 g/mol. The van der Waals surface area contributed by atoms with E-state index in [9.17, 15) is 9.59 Å². The first-order chi connectivity index (χ1) is 8.95. The Hall–Kier alpha value is -1.54. The molecule has 0 aliphatic carbocycles. The molecule has 8 heteroatoms. The van der Waals surface area contributed by atoms with Gasteiger partial charge in [-0.15, -0.1) is 0 Å². The Kier molecular flexibility index (Phi) is 3.81. The fourth-order valence-corrected chi connectivity index (χ4v) is 2.52. The number of fused-ring (bicyclic) bond motifs is 1. The molecule has 1 atom stereocenters. The Labute approximate surface area is 113 Å². The number of aromatic amines is 1. The van der Waals surface area contributed by atoms with Crippen LogP contribution in [0.4, 0.5) is 0 Å². The summed E-state index contributed by atoms with van der Waals surface area (Å²) in [4.78, 5) is 30.9. The molecule has 7 nitrogen and oxygen atoms in total. The number of hydrogen-bond acceptors (Lipinski definition) is 5. The summed E-state index contributed by atoms with van der Waals surface area (Å²) in [6.07, 6.45) is 0. The van der Waals surface area contributed by atoms with Crippen molar-refractivity contribution in [3.63, 3.8) is 0 Å². The van der Waals surface area contributed by atoms with Crippen LogP contribution >= 0.6 is 11.8 Å². The second-order valence-corrected chi connectivity index (χ2v) is 5.55. The maximum absolute atomic E-state index is 11.9. The first-order valence-corrected chi connectivity index (χ1v) is 6.83. The van der Waals surface area contributed by atoms with Crippen LogP contribution in [-0.2, 0) is 14.1 Å². The average molecular weight is 284 g/mol. The van der Waals surface area contributed by atoms with Gasteiger partial charge in [0.05, 0.1) is 0 Å². The highest BCUT2D eigenvalue weighted by atomic mass is 32.2. The normalized spacial score (nSPS) is 13.1. The summed E-state index contributed by atoms with van der Waals surface area (Å²) in [5.74, 6) is 0.828. The molecule has 0 aromatic carbocycles. The van der Waals surface area contributed by atoms with E-state index in [0.717, 1.165) is 4.57 Å². The van der Waals surface area contributed by atoms with Gasteiger partial charge >= 0.3 is 5.69 Å². The second-order valence-electron chi connectivity index (χ2n) is 4.55. The van der Waals surface area contributed by atoms with Gasteiger partial charge in [-0.2, -0.15) is 0 Å². The zero-order chi connectivity index (χ0) is 14.2. The van der Waals surface area contributed by atoms with Gasteiger partial charge in [-0.3, -0.25) is 13.9 Å². The van der Waals surface area contributed by atoms with Crippen LogP contribution in [0.5, 0.6) is 0 Å². The fourth-order valence-electron chi connectivity index (χ4n) is 1.65. The number of rotatable bonds is 4. The standard InChI is InChI=1S/C11H16N4O3S/c1-6(4-16)5-19-10-12-7-8(13-10)14(2)11(18)15(3)9(7)17/h6,16H,4-5H2,1-3H3,(H,12,13). The van der Waals surface area contributed by atoms with Crippen molar-refractivity contribution in [2.24, 2.45) is 20.0 Å². The summed E-state index contributed by atoms with van der Waals surface area (Å²) in [6, 6.07) is 0. The van der Waals surface area contributed by atoms with Crippen molar-refractivity contribution in [2.45, 2.75) is 12.1 Å². The van der Waals surface area contributed by atoms with Crippen molar-refractivity contribution in [1.29, 1.82) is 0 Å². The molecule has 19 heavy (non-hydrogen) atoms. The first-order valence-electron chi connectivity index (χ1n) is 5.85. The number of hydrogen-bond donors (Lipinski definition) is 2. The molecule has 0 amide bonds. The lowest BCUT2D eigenvalue weighted by Crippen LogP contribution is -2.36. The average Bonchev–Trinajstić information content (AvgIpc) is 2.84. The Morgan fingerprint density at radius 3 is 2.68 bits per heavy atom. The van der Waals surface area contributed by atoms with Gasteiger partial charge in [0.15, 0.2) is 16.3 Å². The molecule has 1 unspecified atom stereocenters. The van der Waals surface area contributed by atoms with Crippen molar-refractivity contribution < 1.29 is 5.11 Å². The van der Waals surface area contributed by atoms with Crippen LogP contribution in [0.25, 0.3) is 11.2 Å². The van der Waals surface area contributed by atoms with Gasteiger partial charge in [0, 0.05) is 26.5 Å². The number of nitrogens with zero attached hydrogens (tertiary/aromatic N) is 3. The number of aryl methyl sites for hydroxylation is 1. The van der Waals surface area contributed by atoms with Crippen LogP contribution in [-0.4, -0.2) is 36.6 Å². The molecule has 0 radical (unpaired) electrons. The smallest absolute Gasteiger partial charge is 0.332 e. The predicted octanol–water partition coefficient (Wildman–Crippen LogP) is -0.319. The minimum atomic E-state index is -0.399. The van der Waals surface area contributed by atoms with E-state index in [4.69, 9.17) is 5.11 Å². The van der Waals surface area contributed by atoms with Gasteiger partial charge in [0.2, 0.25) is 0 Å². The highest BCUT2D eigenvalue weighted by Gasteiger charge is 2.14. The van der Waals surface area contributed by atoms with Crippen LogP contribution in [0, 0.1) is 5.92 Å². The molecule has 0 aliphatic heterocycles. The molecule has 0 saturated heterocycles. The maximum atomic E-state index is 11.9. The van der Waals surface area contributed by atoms with Gasteiger partial charge in [0.1, 0.15) is 0 Å². The number of aliphatic hydroxyl groups excluding tert-OH is 1. The largest absolute Gasteiger partial charge is 0.396 e. The Morgan fingerprint density at radius 1 is 1.37 bits per heavy atom. The number of imidazole rings is 1. The summed E-state index contributed by atoms with van der Waals surface area (Å²) in [7, 11) is 3.02. The van der Waals surface area contributed by atoms with E-state index in [2.05, 4.69) is 9.97 Å². The van der Waals surface area contributed by atoms with Crippen molar-refractivity contribution in [1.82, 2.24) is 19.1 Å². The fraction of sp³-hybridized carbons (Fsp3) is 0.545. The molecule has 2 rings (SSSR count). The SMILES string of the molecule is CC(CO)CSc1nc2c([nH]1)c(=O)n(C)c(=O)n2C. The van der Waals surface area contributed by atoms with Crippen molar-refractivity contribution in [2.75, 3.05) is 12.4 Å². The molecule has 2 aromatic heterocycles. The number of aliphatic hydroxyl groups is 1. The van der Waals surface area contributed by atoms with E-state index in [1.54, 1.807) is 7.05 Å². The molecule has 2 N–H and O–H groups in total. The highest BCUT2D eigenvalue weighted by Crippen LogP contribution is 2.19. The second kappa shape index (κ2) is 5.22. The van der Waals surface area contributed by atoms with Crippen LogP contribution in [0.15, 0.2) is 14.7 Å². The third kappa shape index (κ3) is 2.45. The zero-order valence-corrected chi connectivity index (χ0v) is 11.8. The Morgan fingerprint density at radius 2 is 2.05 bits per heavy atom. The van der Waals surface area contributed by atoms with Gasteiger partial charge in [-0.25, -0.2) is 9.78 Å². The highest BCUT2D eigenvalue weighted by molar-refractivity contribution is 7.99. The topological polar surface area (TPSA) is 92.9 Å². The first kappa shape index (κ1) is 13.9. The Bertz CT molecular complexity index is 715. The number of aromatic nitrogens is 4. The lowest BCUT2D eigenvalue weighted by atomic mass is 10.2. The predicted molar refractivity (Wildman–Crippen MR) is 73.5 cm³/mol. The summed E-state index contributed by atoms with van der Waals surface area (Å²) in [5, 5.41) is 9.55. The maximum Gasteiger partial charge on any atom is 0.332 e. The Balaban J connectivity index is 2.46. The van der Waals surface area contributed by atoms with Crippen molar-refractivity contribution in [3.8, 4) is 0 Å². The lowest BCUT2D eigenvalue weighted by Gasteiger charge is -2.03. The van der Waals surface area contributed by atoms with Crippen LogP contribution in [0.2, 0.25) is 0 Å². The third-order valence-electron chi connectivity index (χ3n) is 2.89. The molecular weight excluding hydrogens is 268 g/mol. The van der Waals surface area contributed by atoms with Crippen LogP contribution in [0.1, 0.15) is 6.92 Å².